The van der Waals surface area contributed by atoms with Crippen LogP contribution in [0.3, 0.4) is 0 Å². The summed E-state index contributed by atoms with van der Waals surface area (Å²) < 4.78 is 30.3. The number of anilines is 1. The van der Waals surface area contributed by atoms with E-state index in [9.17, 15) is 18.0 Å². The number of nitrogen functional groups attached to an aromatic ring is 1. The fraction of sp³-hybridized carbons (Fsp3) is 0.536. The van der Waals surface area contributed by atoms with Gasteiger partial charge in [-0.05, 0) is 29.7 Å². The molecule has 0 aliphatic carbocycles. The first-order valence-electron chi connectivity index (χ1n) is 13.2. The van der Waals surface area contributed by atoms with Crippen LogP contribution < -0.4 is 22.3 Å². The second kappa shape index (κ2) is 26.0. The van der Waals surface area contributed by atoms with Gasteiger partial charge in [0.1, 0.15) is 0 Å². The summed E-state index contributed by atoms with van der Waals surface area (Å²) in [5.74, 6) is 0.454. The second-order valence-corrected chi connectivity index (χ2v) is 8.68. The van der Waals surface area contributed by atoms with Crippen LogP contribution in [0.25, 0.3) is 10.9 Å². The third kappa shape index (κ3) is 19.8. The van der Waals surface area contributed by atoms with Crippen molar-refractivity contribution in [3.63, 3.8) is 0 Å². The number of nitrogens with zero attached hydrogens (tertiary/aromatic N) is 2. The predicted molar refractivity (Wildman–Crippen MR) is 161 cm³/mol. The van der Waals surface area contributed by atoms with E-state index >= 15 is 0 Å². The lowest BCUT2D eigenvalue weighted by Crippen LogP contribution is -2.23. The Bertz CT molecular complexity index is 1050. The summed E-state index contributed by atoms with van der Waals surface area (Å²) in [4.78, 5) is 25.0. The van der Waals surface area contributed by atoms with Gasteiger partial charge in [0.05, 0.1) is 16.1 Å². The minimum Gasteiger partial charge on any atom is -0.483 e. The van der Waals surface area contributed by atoms with Crippen LogP contribution in [0.4, 0.5) is 19.1 Å². The third-order valence-electron chi connectivity index (χ3n) is 4.96. The number of nitrogens with two attached hydrogens (primary N) is 2. The Morgan fingerprint density at radius 3 is 2.05 bits per heavy atom. The highest BCUT2D eigenvalue weighted by atomic mass is 35.5. The molecule has 0 fully saturated rings. The molecule has 0 saturated carbocycles. The number of allylic oxidation sites excluding steroid dienone is 3. The van der Waals surface area contributed by atoms with Crippen molar-refractivity contribution in [3.8, 4) is 0 Å². The summed E-state index contributed by atoms with van der Waals surface area (Å²) in [6.45, 7) is 9.21. The van der Waals surface area contributed by atoms with Crippen LogP contribution in [0.1, 0.15) is 79.2 Å². The molecule has 0 bridgehead atoms. The summed E-state index contributed by atoms with van der Waals surface area (Å²) in [5.41, 5.74) is 13.6. The Kier molecular flexibility index (Phi) is 26.9. The molecule has 40 heavy (non-hydrogen) atoms. The highest BCUT2D eigenvalue weighted by Crippen LogP contribution is 2.16. The molecule has 1 aromatic heterocycles. The zero-order chi connectivity index (χ0) is 31.7. The highest BCUT2D eigenvalue weighted by Gasteiger charge is 2.10. The van der Waals surface area contributed by atoms with Crippen LogP contribution in [0.2, 0.25) is 0 Å². The van der Waals surface area contributed by atoms with Crippen molar-refractivity contribution in [3.05, 3.63) is 57.1 Å². The number of nitrogens with one attached hydrogen (secondary N) is 1. The molecule has 230 valence electrons. The minimum absolute atomic E-state index is 0.156. The van der Waals surface area contributed by atoms with Crippen LogP contribution in [0.15, 0.2) is 46.0 Å². The van der Waals surface area contributed by atoms with Gasteiger partial charge >= 0.3 is 6.68 Å². The van der Waals surface area contributed by atoms with Gasteiger partial charge in [0, 0.05) is 19.3 Å². The molecule has 0 unspecified atom stereocenters. The van der Waals surface area contributed by atoms with Gasteiger partial charge in [-0.3, -0.25) is 14.2 Å². The van der Waals surface area contributed by atoms with Gasteiger partial charge in [-0.2, -0.15) is 13.2 Å². The van der Waals surface area contributed by atoms with Gasteiger partial charge in [0.2, 0.25) is 5.95 Å². The molecular weight excluding hydrogens is 547 g/mol. The SMILES string of the molecule is CC.CC(C)/C(=C\C=C(/N)Cl)NCc1cccc2c(=O)n(C)c(N)nc12.CCCCCCC.FC(F)F.O=CO. The van der Waals surface area contributed by atoms with E-state index < -0.39 is 6.68 Å². The van der Waals surface area contributed by atoms with E-state index in [0.29, 0.717) is 17.4 Å². The molecule has 0 radical (unpaired) electrons. The van der Waals surface area contributed by atoms with Crippen molar-refractivity contribution in [2.45, 2.75) is 86.9 Å². The van der Waals surface area contributed by atoms with E-state index in [1.54, 1.807) is 19.2 Å². The zero-order valence-corrected chi connectivity index (χ0v) is 25.4. The van der Waals surface area contributed by atoms with E-state index in [4.69, 9.17) is 33.0 Å². The maximum absolute atomic E-state index is 12.3. The van der Waals surface area contributed by atoms with Gasteiger partial charge in [-0.1, -0.05) is 97.4 Å². The maximum Gasteiger partial charge on any atom is 0.379 e. The normalized spacial score (nSPS) is 10.7. The average Bonchev–Trinajstić information content (AvgIpc) is 2.89. The lowest BCUT2D eigenvalue weighted by Gasteiger charge is -2.15. The molecule has 0 spiro atoms. The molecule has 2 aromatic rings. The minimum atomic E-state index is -3.67. The van der Waals surface area contributed by atoms with Crippen LogP contribution in [-0.4, -0.2) is 27.8 Å². The van der Waals surface area contributed by atoms with Gasteiger partial charge < -0.3 is 21.9 Å². The number of fused-ring (bicyclic) bond motifs is 1. The smallest absolute Gasteiger partial charge is 0.379 e. The van der Waals surface area contributed by atoms with E-state index in [2.05, 4.69) is 38.0 Å². The summed E-state index contributed by atoms with van der Waals surface area (Å²) in [5, 5.41) is 11.0. The Labute approximate surface area is 241 Å². The standard InChI is InChI=1S/C17H22ClN5O.C7H16.C2H6.CHF3.CH2O2/c1-10(2)13(7-8-14(18)19)21-9-11-5-4-6-12-15(11)22-17(20)23(3)16(12)24;1-3-5-7-6-4-2;1-2;2-1(3)4;2-1-3/h4-8,10,21H,9,19H2,1-3H3,(H2,20,22);3-7H2,1-2H3;1-2H3;1H;1H,(H,2,3)/b13-7+,14-8-;;;;. The number of carbonyl (C=O) groups is 1. The molecule has 0 amide bonds. The molecule has 0 aliphatic rings. The third-order valence-corrected chi connectivity index (χ3v) is 5.08. The number of rotatable bonds is 9. The maximum atomic E-state index is 12.3. The van der Waals surface area contributed by atoms with Crippen LogP contribution in [0, 0.1) is 5.92 Å². The number of para-hydroxylation sites is 1. The van der Waals surface area contributed by atoms with E-state index in [0.717, 1.165) is 11.3 Å². The number of carboxylic acid groups (broad SMARTS) is 1. The Hall–Kier alpha value is -3.21. The topological polar surface area (TPSA) is 136 Å². The Morgan fingerprint density at radius 1 is 1.12 bits per heavy atom. The first-order valence-corrected chi connectivity index (χ1v) is 13.6. The first-order chi connectivity index (χ1) is 18.9. The van der Waals surface area contributed by atoms with Crippen LogP contribution in [-0.2, 0) is 18.4 Å². The van der Waals surface area contributed by atoms with Crippen molar-refractivity contribution in [1.29, 1.82) is 0 Å². The van der Waals surface area contributed by atoms with Crippen LogP contribution >= 0.6 is 11.6 Å². The number of hydrogen-bond donors (Lipinski definition) is 4. The van der Waals surface area contributed by atoms with Gasteiger partial charge in [-0.15, -0.1) is 0 Å². The quantitative estimate of drug-likeness (QED) is 0.106. The van der Waals surface area contributed by atoms with E-state index in [1.807, 2.05) is 32.1 Å². The zero-order valence-electron chi connectivity index (χ0n) is 24.7. The fourth-order valence-electron chi connectivity index (χ4n) is 3.01. The number of unbranched alkanes of at least 4 members (excludes halogenated alkanes) is 4. The van der Waals surface area contributed by atoms with Crippen LogP contribution in [0.5, 0.6) is 0 Å². The lowest BCUT2D eigenvalue weighted by atomic mass is 10.1. The molecule has 1 heterocycles. The molecule has 12 heteroatoms. The van der Waals surface area contributed by atoms with E-state index in [-0.39, 0.29) is 29.1 Å². The second-order valence-electron chi connectivity index (χ2n) is 8.24. The van der Waals surface area contributed by atoms with Crippen molar-refractivity contribution in [2.24, 2.45) is 18.7 Å². The molecule has 0 saturated heterocycles. The van der Waals surface area contributed by atoms with Crippen molar-refractivity contribution in [2.75, 3.05) is 5.73 Å². The Balaban J connectivity index is -0.000000706. The largest absolute Gasteiger partial charge is 0.483 e. The summed E-state index contributed by atoms with van der Waals surface area (Å²) in [6.07, 6.45) is 10.5. The van der Waals surface area contributed by atoms with E-state index in [1.165, 1.54) is 36.7 Å². The summed E-state index contributed by atoms with van der Waals surface area (Å²) in [6, 6.07) is 5.52. The molecule has 2 rings (SSSR count). The number of alkyl halides is 3. The number of aromatic nitrogens is 2. The van der Waals surface area contributed by atoms with Crippen molar-refractivity contribution in [1.82, 2.24) is 14.9 Å². The molecule has 0 aliphatic heterocycles. The Morgan fingerprint density at radius 2 is 1.62 bits per heavy atom. The van der Waals surface area contributed by atoms with Gasteiger partial charge in [0.15, 0.2) is 0 Å². The summed E-state index contributed by atoms with van der Waals surface area (Å²) >= 11 is 5.68. The molecule has 0 atom stereocenters. The van der Waals surface area contributed by atoms with Gasteiger partial charge in [0.25, 0.3) is 12.0 Å². The van der Waals surface area contributed by atoms with Crippen molar-refractivity contribution < 1.29 is 23.1 Å². The highest BCUT2D eigenvalue weighted by molar-refractivity contribution is 6.29. The molecule has 8 nitrogen and oxygen atoms in total. The summed E-state index contributed by atoms with van der Waals surface area (Å²) in [7, 11) is 1.61. The molecule has 1 aromatic carbocycles. The average molecular weight is 594 g/mol. The predicted octanol–water partition coefficient (Wildman–Crippen LogP) is 7.07. The number of halogens is 4. The number of benzene rings is 1. The first kappa shape index (κ1) is 41.3. The monoisotopic (exact) mass is 593 g/mol. The lowest BCUT2D eigenvalue weighted by molar-refractivity contribution is -0.122. The van der Waals surface area contributed by atoms with Gasteiger partial charge in [-0.25, -0.2) is 4.98 Å². The molecule has 6 N–H and O–H groups in total. The van der Waals surface area contributed by atoms with Crippen molar-refractivity contribution >= 4 is 34.9 Å². The molecular formula is C28H47ClF3N5O3. The fourth-order valence-corrected chi connectivity index (χ4v) is 3.07. The number of hydrogen-bond acceptors (Lipinski definition) is 6.